The quantitative estimate of drug-likeness (QED) is 0.557. The number of benzene rings is 3. The maximum atomic E-state index is 14.8. The number of fused-ring (bicyclic) bond motifs is 1. The molecule has 1 heterocycles. The van der Waals surface area contributed by atoms with Gasteiger partial charge in [0.2, 0.25) is 5.96 Å². The van der Waals surface area contributed by atoms with Crippen molar-refractivity contribution >= 4 is 23.6 Å². The lowest BCUT2D eigenvalue weighted by atomic mass is 9.91. The van der Waals surface area contributed by atoms with Gasteiger partial charge in [-0.05, 0) is 47.3 Å². The molecule has 2 N–H and O–H groups in total. The van der Waals surface area contributed by atoms with Crippen LogP contribution in [0.4, 0.5) is 14.5 Å². The molecule has 0 spiro atoms. The summed E-state index contributed by atoms with van der Waals surface area (Å²) in [5.74, 6) is -0.140. The van der Waals surface area contributed by atoms with Crippen LogP contribution in [-0.2, 0) is 6.54 Å². The van der Waals surface area contributed by atoms with Gasteiger partial charge in [0.25, 0.3) is 0 Å². The van der Waals surface area contributed by atoms with E-state index >= 15 is 0 Å². The van der Waals surface area contributed by atoms with Crippen LogP contribution in [0.5, 0.6) is 0 Å². The van der Waals surface area contributed by atoms with Crippen molar-refractivity contribution in [3.63, 3.8) is 0 Å². The van der Waals surface area contributed by atoms with Crippen molar-refractivity contribution in [3.8, 4) is 0 Å². The number of nitrogens with zero attached hydrogens (tertiary/aromatic N) is 1. The van der Waals surface area contributed by atoms with E-state index in [1.54, 1.807) is 12.1 Å². The molecule has 28 heavy (non-hydrogen) atoms. The summed E-state index contributed by atoms with van der Waals surface area (Å²) in [6, 6.07) is 19.4. The van der Waals surface area contributed by atoms with Crippen LogP contribution in [0.25, 0.3) is 0 Å². The Balaban J connectivity index is 1.64. The third-order valence-electron chi connectivity index (χ3n) is 4.70. The molecule has 1 atom stereocenters. The highest BCUT2D eigenvalue weighted by atomic mass is 32.2. The molecule has 3 aromatic rings. The van der Waals surface area contributed by atoms with Crippen molar-refractivity contribution < 1.29 is 8.78 Å². The zero-order valence-corrected chi connectivity index (χ0v) is 16.1. The van der Waals surface area contributed by atoms with Crippen LogP contribution >= 0.6 is 11.9 Å². The van der Waals surface area contributed by atoms with E-state index in [4.69, 9.17) is 0 Å². The Bertz CT molecular complexity index is 1020. The van der Waals surface area contributed by atoms with Gasteiger partial charge in [0.15, 0.2) is 0 Å². The fourth-order valence-electron chi connectivity index (χ4n) is 3.24. The molecule has 1 aliphatic rings. The topological polar surface area (TPSA) is 36.4 Å². The number of aliphatic imine (C=N–C) groups is 1. The molecule has 0 bridgehead atoms. The van der Waals surface area contributed by atoms with E-state index in [0.29, 0.717) is 18.1 Å². The fourth-order valence-corrected chi connectivity index (χ4v) is 3.97. The number of rotatable bonds is 4. The van der Waals surface area contributed by atoms with E-state index in [2.05, 4.69) is 15.0 Å². The molecule has 1 aliphatic heterocycles. The largest absolute Gasteiger partial charge is 0.324 e. The van der Waals surface area contributed by atoms with Crippen molar-refractivity contribution in [2.75, 3.05) is 5.32 Å². The average Bonchev–Trinajstić information content (AvgIpc) is 2.72. The van der Waals surface area contributed by atoms with E-state index in [0.717, 1.165) is 21.7 Å². The Hall–Kier alpha value is -2.86. The molecule has 0 amide bonds. The molecule has 3 aromatic carbocycles. The summed E-state index contributed by atoms with van der Waals surface area (Å²) in [4.78, 5) is 5.39. The Labute approximate surface area is 167 Å². The number of guanidine groups is 1. The summed E-state index contributed by atoms with van der Waals surface area (Å²) in [6.45, 7) is 2.31. The second-order valence-corrected chi connectivity index (χ2v) is 7.44. The van der Waals surface area contributed by atoms with E-state index in [-0.39, 0.29) is 17.6 Å². The number of anilines is 1. The highest BCUT2D eigenvalue weighted by Gasteiger charge is 2.24. The standard InChI is InChI=1S/C22H19F2N3S/c1-14(16-7-3-2-4-8-16)20-18(24)10-11-19-21(20)26-22(27-28-19)25-13-15-6-5-9-17(23)12-15/h2-12,14H,13H2,1H3,(H2,25,26,27). The molecule has 1 unspecified atom stereocenters. The van der Waals surface area contributed by atoms with Crippen LogP contribution in [0.2, 0.25) is 0 Å². The summed E-state index contributed by atoms with van der Waals surface area (Å²) in [5, 5.41) is 3.23. The van der Waals surface area contributed by atoms with E-state index in [1.165, 1.54) is 30.1 Å². The Morgan fingerprint density at radius 2 is 1.82 bits per heavy atom. The number of hydrogen-bond acceptors (Lipinski definition) is 2. The predicted octanol–water partition coefficient (Wildman–Crippen LogP) is 5.70. The monoisotopic (exact) mass is 395 g/mol. The van der Waals surface area contributed by atoms with E-state index in [9.17, 15) is 8.78 Å². The smallest absolute Gasteiger partial charge is 0.206 e. The first kappa shape index (κ1) is 18.5. The van der Waals surface area contributed by atoms with Gasteiger partial charge in [-0.15, -0.1) is 0 Å². The summed E-state index contributed by atoms with van der Waals surface area (Å²) in [5.41, 5.74) is 3.14. The predicted molar refractivity (Wildman–Crippen MR) is 111 cm³/mol. The van der Waals surface area contributed by atoms with Crippen molar-refractivity contribution in [1.29, 1.82) is 0 Å². The van der Waals surface area contributed by atoms with Crippen LogP contribution in [0.15, 0.2) is 76.6 Å². The number of nitrogens with one attached hydrogen (secondary N) is 2. The first-order valence-electron chi connectivity index (χ1n) is 8.98. The first-order chi connectivity index (χ1) is 13.6. The maximum Gasteiger partial charge on any atom is 0.206 e. The van der Waals surface area contributed by atoms with Crippen molar-refractivity contribution in [2.45, 2.75) is 24.3 Å². The van der Waals surface area contributed by atoms with Gasteiger partial charge < -0.3 is 5.32 Å². The Morgan fingerprint density at radius 1 is 1.00 bits per heavy atom. The minimum absolute atomic E-state index is 0.119. The minimum atomic E-state index is -0.289. The normalized spacial score (nSPS) is 15.5. The molecule has 0 radical (unpaired) electrons. The lowest BCUT2D eigenvalue weighted by Gasteiger charge is -2.26. The third kappa shape index (κ3) is 3.87. The van der Waals surface area contributed by atoms with Crippen molar-refractivity contribution in [2.24, 2.45) is 4.99 Å². The molecule has 6 heteroatoms. The highest BCUT2D eigenvalue weighted by molar-refractivity contribution is 7.98. The molecule has 0 fully saturated rings. The van der Waals surface area contributed by atoms with E-state index in [1.807, 2.05) is 43.3 Å². The SMILES string of the molecule is CC(c1ccccc1)c1c(F)ccc2c1NC(=NCc1cccc(F)c1)NS2. The molecular weight excluding hydrogens is 376 g/mol. The van der Waals surface area contributed by atoms with Gasteiger partial charge in [0, 0.05) is 11.5 Å². The molecule has 0 aliphatic carbocycles. The maximum absolute atomic E-state index is 14.8. The second-order valence-electron chi connectivity index (χ2n) is 6.59. The molecule has 0 saturated heterocycles. The van der Waals surface area contributed by atoms with Crippen molar-refractivity contribution in [1.82, 2.24) is 4.72 Å². The van der Waals surface area contributed by atoms with Gasteiger partial charge in [-0.3, -0.25) is 4.72 Å². The molecule has 3 nitrogen and oxygen atoms in total. The first-order valence-corrected chi connectivity index (χ1v) is 9.79. The fraction of sp³-hybridized carbons (Fsp3) is 0.136. The molecule has 0 saturated carbocycles. The summed E-state index contributed by atoms with van der Waals surface area (Å²) >= 11 is 1.39. The van der Waals surface area contributed by atoms with Gasteiger partial charge in [-0.25, -0.2) is 13.8 Å². The minimum Gasteiger partial charge on any atom is -0.324 e. The number of halogens is 2. The van der Waals surface area contributed by atoms with Gasteiger partial charge in [-0.1, -0.05) is 49.4 Å². The van der Waals surface area contributed by atoms with Crippen LogP contribution in [0.3, 0.4) is 0 Å². The Morgan fingerprint density at radius 3 is 2.61 bits per heavy atom. The summed E-state index contributed by atoms with van der Waals surface area (Å²) in [7, 11) is 0. The summed E-state index contributed by atoms with van der Waals surface area (Å²) < 4.78 is 31.3. The Kier molecular flexibility index (Phi) is 5.30. The zero-order valence-electron chi connectivity index (χ0n) is 15.2. The van der Waals surface area contributed by atoms with Gasteiger partial charge in [-0.2, -0.15) is 0 Å². The number of hydrogen-bond donors (Lipinski definition) is 2. The lowest BCUT2D eigenvalue weighted by Crippen LogP contribution is -2.30. The van der Waals surface area contributed by atoms with Gasteiger partial charge >= 0.3 is 0 Å². The highest BCUT2D eigenvalue weighted by Crippen LogP contribution is 2.39. The second kappa shape index (κ2) is 8.02. The van der Waals surface area contributed by atoms with E-state index < -0.39 is 0 Å². The van der Waals surface area contributed by atoms with Gasteiger partial charge in [0.1, 0.15) is 11.6 Å². The third-order valence-corrected chi connectivity index (χ3v) is 5.55. The van der Waals surface area contributed by atoms with Crippen LogP contribution in [0.1, 0.15) is 29.5 Å². The van der Waals surface area contributed by atoms with Crippen LogP contribution < -0.4 is 10.0 Å². The van der Waals surface area contributed by atoms with Crippen LogP contribution in [-0.4, -0.2) is 5.96 Å². The van der Waals surface area contributed by atoms with Gasteiger partial charge in [0.05, 0.1) is 17.1 Å². The zero-order chi connectivity index (χ0) is 19.5. The molecule has 0 aromatic heterocycles. The lowest BCUT2D eigenvalue weighted by molar-refractivity contribution is 0.602. The molecule has 4 rings (SSSR count). The van der Waals surface area contributed by atoms with Crippen molar-refractivity contribution in [3.05, 3.63) is 95.1 Å². The molecule has 142 valence electrons. The molecular formula is C22H19F2N3S. The summed E-state index contributed by atoms with van der Waals surface area (Å²) in [6.07, 6.45) is 0. The van der Waals surface area contributed by atoms with Crippen LogP contribution in [0, 0.1) is 11.6 Å². The average molecular weight is 395 g/mol.